The number of H-pyrrole nitrogens is 2. The van der Waals surface area contributed by atoms with E-state index >= 15 is 0 Å². The third kappa shape index (κ3) is 7.94. The van der Waals surface area contributed by atoms with Crippen molar-refractivity contribution in [1.29, 1.82) is 0 Å². The first-order valence-electron chi connectivity index (χ1n) is 11.3. The van der Waals surface area contributed by atoms with Gasteiger partial charge in [-0.15, -0.1) is 6.42 Å². The number of aromatic nitrogens is 2. The van der Waals surface area contributed by atoms with E-state index in [4.69, 9.17) is 18.0 Å². The maximum absolute atomic E-state index is 12.9. The van der Waals surface area contributed by atoms with Gasteiger partial charge in [-0.2, -0.15) is 0 Å². The number of aromatic amines is 2. The van der Waals surface area contributed by atoms with E-state index < -0.39 is 35.2 Å². The Morgan fingerprint density at radius 3 is 2.47 bits per heavy atom. The fraction of sp³-hybridized carbons (Fsp3) is 0.280. The molecule has 0 saturated carbocycles. The van der Waals surface area contributed by atoms with Crippen molar-refractivity contribution in [2.24, 2.45) is 10.9 Å². The minimum Gasteiger partial charge on any atom is -0.481 e. The molecule has 13 heteroatoms. The number of benzene rings is 1. The zero-order valence-corrected chi connectivity index (χ0v) is 21.7. The van der Waals surface area contributed by atoms with Crippen molar-refractivity contribution < 1.29 is 19.5 Å². The Hall–Kier alpha value is -4.63. The van der Waals surface area contributed by atoms with Gasteiger partial charge in [0.05, 0.1) is 24.7 Å². The van der Waals surface area contributed by atoms with E-state index in [1.165, 1.54) is 31.0 Å². The van der Waals surface area contributed by atoms with Crippen LogP contribution in [0.3, 0.4) is 0 Å². The van der Waals surface area contributed by atoms with Gasteiger partial charge >= 0.3 is 17.7 Å². The Morgan fingerprint density at radius 2 is 1.89 bits per heavy atom. The molecule has 1 unspecified atom stereocenters. The van der Waals surface area contributed by atoms with Crippen LogP contribution in [0.2, 0.25) is 5.02 Å². The topological polar surface area (TPSA) is 168 Å². The number of amides is 3. The maximum Gasteiger partial charge on any atom is 0.326 e. The van der Waals surface area contributed by atoms with Gasteiger partial charge in [0.15, 0.2) is 0 Å². The highest BCUT2D eigenvalue weighted by molar-refractivity contribution is 6.30. The highest BCUT2D eigenvalue weighted by Crippen LogP contribution is 2.12. The number of nitrogens with zero attached hydrogens (tertiary/aromatic N) is 3. The van der Waals surface area contributed by atoms with Crippen molar-refractivity contribution in [1.82, 2.24) is 25.1 Å². The van der Waals surface area contributed by atoms with Gasteiger partial charge in [-0.1, -0.05) is 35.7 Å². The monoisotopic (exact) mass is 542 g/mol. The number of halogens is 1. The number of guanidine groups is 1. The number of carboxylic acid groups (broad SMARTS) is 1. The van der Waals surface area contributed by atoms with Crippen LogP contribution in [-0.2, 0) is 16.1 Å². The van der Waals surface area contributed by atoms with E-state index in [1.54, 1.807) is 31.2 Å². The molecule has 1 heterocycles. The average molecular weight is 543 g/mol. The minimum absolute atomic E-state index is 0.0386. The molecule has 2 atom stereocenters. The normalized spacial score (nSPS) is 12.9. The lowest BCUT2D eigenvalue weighted by Gasteiger charge is -2.29. The molecule has 12 nitrogen and oxygen atoms in total. The predicted molar refractivity (Wildman–Crippen MR) is 143 cm³/mol. The standard InChI is InChI=1S/C25H27ClN6O6/c1-5-19-20(28-24(37)29-21(19)34)7-6-12-27-23(30-25(38)31(4)16(3)15(2)22(35)36)32(14-33)13-17-8-10-18(26)11-9-17/h1,6-11,14-16H,12-13H2,2-4H3,(H,35,36)(H,27,30,38)(H2,28,29,34,37)/b7-6-/t15-,16?/m1/s1. The third-order valence-corrected chi connectivity index (χ3v) is 5.93. The predicted octanol–water partition coefficient (Wildman–Crippen LogP) is 1.48. The molecule has 0 bridgehead atoms. The largest absolute Gasteiger partial charge is 0.481 e. The number of hydrogen-bond donors (Lipinski definition) is 4. The molecule has 0 radical (unpaired) electrons. The number of rotatable bonds is 9. The zero-order chi connectivity index (χ0) is 28.4. The van der Waals surface area contributed by atoms with Gasteiger partial charge in [0, 0.05) is 18.1 Å². The SMILES string of the molecule is C#Cc1c(/C=C\CN=C(NC(=O)N(C)C(C)[C@@H](C)C(=O)O)N(C=O)Cc2ccc(Cl)cc2)[nH]c(=O)[nH]c1=O. The van der Waals surface area contributed by atoms with Gasteiger partial charge in [-0.05, 0) is 37.6 Å². The van der Waals surface area contributed by atoms with Crippen LogP contribution in [0.1, 0.15) is 30.7 Å². The molecule has 0 saturated heterocycles. The molecule has 0 aliphatic rings. The van der Waals surface area contributed by atoms with E-state index in [9.17, 15) is 29.1 Å². The van der Waals surface area contributed by atoms with Crippen molar-refractivity contribution in [2.45, 2.75) is 26.4 Å². The van der Waals surface area contributed by atoms with Crippen molar-refractivity contribution in [2.75, 3.05) is 13.6 Å². The van der Waals surface area contributed by atoms with Crippen LogP contribution < -0.4 is 16.6 Å². The molecule has 0 fully saturated rings. The molecule has 3 amide bonds. The number of hydrogen-bond acceptors (Lipinski definition) is 6. The lowest BCUT2D eigenvalue weighted by Crippen LogP contribution is -2.51. The molecular formula is C25H27ClN6O6. The van der Waals surface area contributed by atoms with Gasteiger partial charge in [0.25, 0.3) is 5.56 Å². The van der Waals surface area contributed by atoms with Crippen LogP contribution in [0.5, 0.6) is 0 Å². The van der Waals surface area contributed by atoms with E-state index in [0.29, 0.717) is 17.0 Å². The van der Waals surface area contributed by atoms with Gasteiger partial charge in [-0.3, -0.25) is 29.6 Å². The number of carbonyl (C=O) groups excluding carboxylic acids is 2. The Bertz CT molecular complexity index is 1390. The van der Waals surface area contributed by atoms with Crippen LogP contribution in [-0.4, -0.2) is 68.9 Å². The summed E-state index contributed by atoms with van der Waals surface area (Å²) in [5.41, 5.74) is -0.770. The molecule has 0 aliphatic carbocycles. The van der Waals surface area contributed by atoms with Gasteiger partial charge in [0.1, 0.15) is 5.56 Å². The lowest BCUT2D eigenvalue weighted by atomic mass is 10.0. The number of aliphatic carboxylic acids is 1. The molecule has 1 aromatic heterocycles. The second kappa shape index (κ2) is 13.6. The number of nitrogens with one attached hydrogen (secondary N) is 3. The summed E-state index contributed by atoms with van der Waals surface area (Å²) in [4.78, 5) is 70.7. The van der Waals surface area contributed by atoms with Crippen molar-refractivity contribution >= 4 is 42.0 Å². The van der Waals surface area contributed by atoms with Crippen molar-refractivity contribution in [3.05, 3.63) is 73.0 Å². The first kappa shape index (κ1) is 29.6. The molecule has 0 spiro atoms. The molecule has 0 aliphatic heterocycles. The highest BCUT2D eigenvalue weighted by Gasteiger charge is 2.27. The Morgan fingerprint density at radius 1 is 1.24 bits per heavy atom. The fourth-order valence-corrected chi connectivity index (χ4v) is 3.27. The number of terminal acetylenes is 1. The summed E-state index contributed by atoms with van der Waals surface area (Å²) in [6.45, 7) is 2.99. The Kier molecular flexibility index (Phi) is 10.6. The smallest absolute Gasteiger partial charge is 0.326 e. The van der Waals surface area contributed by atoms with E-state index in [1.807, 2.05) is 4.98 Å². The summed E-state index contributed by atoms with van der Waals surface area (Å²) < 4.78 is 0. The van der Waals surface area contributed by atoms with Gasteiger partial charge < -0.3 is 15.0 Å². The van der Waals surface area contributed by atoms with Crippen LogP contribution >= 0.6 is 11.6 Å². The van der Waals surface area contributed by atoms with Gasteiger partial charge in [0.2, 0.25) is 12.4 Å². The number of carboxylic acids is 1. The molecule has 1 aromatic carbocycles. The zero-order valence-electron chi connectivity index (χ0n) is 20.9. The van der Waals surface area contributed by atoms with Crippen molar-refractivity contribution in [3.63, 3.8) is 0 Å². The highest BCUT2D eigenvalue weighted by atomic mass is 35.5. The summed E-state index contributed by atoms with van der Waals surface area (Å²) in [5, 5.41) is 12.3. The maximum atomic E-state index is 12.9. The molecule has 4 N–H and O–H groups in total. The lowest BCUT2D eigenvalue weighted by molar-refractivity contribution is -0.142. The van der Waals surface area contributed by atoms with Gasteiger partial charge in [-0.25, -0.2) is 14.6 Å². The minimum atomic E-state index is -1.07. The quantitative estimate of drug-likeness (QED) is 0.162. The summed E-state index contributed by atoms with van der Waals surface area (Å²) >= 11 is 5.93. The van der Waals surface area contributed by atoms with Crippen LogP contribution in [0.15, 0.2) is 44.9 Å². The molecule has 2 rings (SSSR count). The summed E-state index contributed by atoms with van der Waals surface area (Å²) in [7, 11) is 1.42. The summed E-state index contributed by atoms with van der Waals surface area (Å²) in [6.07, 6.45) is 8.66. The number of aliphatic imine (C=N–C) groups is 1. The molecule has 2 aromatic rings. The summed E-state index contributed by atoms with van der Waals surface area (Å²) in [6, 6.07) is 5.32. The molecule has 200 valence electrons. The fourth-order valence-electron chi connectivity index (χ4n) is 3.14. The van der Waals surface area contributed by atoms with Crippen LogP contribution in [0, 0.1) is 18.3 Å². The third-order valence-electron chi connectivity index (χ3n) is 5.68. The molecule has 38 heavy (non-hydrogen) atoms. The van der Waals surface area contributed by atoms with Crippen LogP contribution in [0.4, 0.5) is 4.79 Å². The Labute approximate surface area is 223 Å². The second-order valence-electron chi connectivity index (χ2n) is 8.18. The number of urea groups is 1. The van der Waals surface area contributed by atoms with Crippen LogP contribution in [0.25, 0.3) is 6.08 Å². The van der Waals surface area contributed by atoms with E-state index in [0.717, 1.165) is 4.90 Å². The van der Waals surface area contributed by atoms with E-state index in [-0.39, 0.29) is 30.3 Å². The average Bonchev–Trinajstić information content (AvgIpc) is 2.88. The first-order chi connectivity index (χ1) is 18.0. The van der Waals surface area contributed by atoms with Crippen molar-refractivity contribution in [3.8, 4) is 12.3 Å². The Balaban J connectivity index is 2.35. The first-order valence-corrected chi connectivity index (χ1v) is 11.6. The summed E-state index contributed by atoms with van der Waals surface area (Å²) in [5.74, 6) is 0.148. The second-order valence-corrected chi connectivity index (χ2v) is 8.61. The van der Waals surface area contributed by atoms with E-state index in [2.05, 4.69) is 21.2 Å². The molecular weight excluding hydrogens is 516 g/mol. The number of carbonyl (C=O) groups is 3.